The van der Waals surface area contributed by atoms with Crippen LogP contribution in [0.1, 0.15) is 5.56 Å². The van der Waals surface area contributed by atoms with E-state index in [0.29, 0.717) is 17.2 Å². The minimum Gasteiger partial charge on any atom is -0.386 e. The second-order valence-electron chi connectivity index (χ2n) is 4.08. The normalized spacial score (nSPS) is 11.6. The van der Waals surface area contributed by atoms with Crippen LogP contribution < -0.4 is 5.73 Å². The lowest BCUT2D eigenvalue weighted by Gasteiger charge is -2.07. The molecule has 0 aliphatic rings. The van der Waals surface area contributed by atoms with Gasteiger partial charge in [-0.25, -0.2) is 9.38 Å². The van der Waals surface area contributed by atoms with Gasteiger partial charge in [0.15, 0.2) is 0 Å². The van der Waals surface area contributed by atoms with E-state index in [2.05, 4.69) is 4.99 Å². The summed E-state index contributed by atoms with van der Waals surface area (Å²) in [6.45, 7) is 0. The predicted octanol–water partition coefficient (Wildman–Crippen LogP) is 4.35. The highest BCUT2D eigenvalue weighted by Gasteiger charge is 2.05. The lowest BCUT2D eigenvalue weighted by Crippen LogP contribution is -2.12. The fourth-order valence-electron chi connectivity index (χ4n) is 1.63. The second-order valence-corrected chi connectivity index (χ2v) is 5.37. The summed E-state index contributed by atoms with van der Waals surface area (Å²) >= 11 is 7.16. The minimum atomic E-state index is -0.193. The van der Waals surface area contributed by atoms with Gasteiger partial charge in [0.2, 0.25) is 0 Å². The van der Waals surface area contributed by atoms with E-state index in [0.717, 1.165) is 10.6 Å². The maximum absolute atomic E-state index is 13.6. The maximum atomic E-state index is 13.6. The first kappa shape index (κ1) is 14.9. The molecule has 0 bridgehead atoms. The second kappa shape index (κ2) is 7.31. The van der Waals surface area contributed by atoms with E-state index >= 15 is 0 Å². The highest BCUT2D eigenvalue weighted by Crippen LogP contribution is 2.32. The van der Waals surface area contributed by atoms with Crippen molar-refractivity contribution in [3.8, 4) is 0 Å². The number of benzene rings is 2. The van der Waals surface area contributed by atoms with Crippen molar-refractivity contribution < 1.29 is 4.39 Å². The summed E-state index contributed by atoms with van der Waals surface area (Å²) in [6.07, 6.45) is 0. The van der Waals surface area contributed by atoms with Crippen LogP contribution in [0.2, 0.25) is 0 Å². The molecule has 0 aromatic heterocycles. The van der Waals surface area contributed by atoms with Crippen molar-refractivity contribution in [3.63, 3.8) is 0 Å². The molecule has 0 amide bonds. The van der Waals surface area contributed by atoms with Crippen LogP contribution in [0.25, 0.3) is 0 Å². The molecule has 104 valence electrons. The van der Waals surface area contributed by atoms with Gasteiger partial charge in [-0.1, -0.05) is 30.3 Å². The smallest absolute Gasteiger partial charge is 0.127 e. The van der Waals surface area contributed by atoms with Crippen LogP contribution >= 0.6 is 23.4 Å². The van der Waals surface area contributed by atoms with Gasteiger partial charge in [0.25, 0.3) is 0 Å². The highest BCUT2D eigenvalue weighted by molar-refractivity contribution is 7.98. The number of hydrogen-bond donors (Lipinski definition) is 1. The number of hydrogen-bond acceptors (Lipinski definition) is 2. The minimum absolute atomic E-state index is 0.187. The Bertz CT molecular complexity index is 616. The van der Waals surface area contributed by atoms with Crippen LogP contribution in [0.3, 0.4) is 0 Å². The number of amidine groups is 1. The molecule has 20 heavy (non-hydrogen) atoms. The fraction of sp³-hybridized carbons (Fsp3) is 0.133. The first-order valence-corrected chi connectivity index (χ1v) is 7.57. The van der Waals surface area contributed by atoms with E-state index in [1.807, 2.05) is 30.3 Å². The zero-order valence-electron chi connectivity index (χ0n) is 10.7. The maximum Gasteiger partial charge on any atom is 0.127 e. The SMILES string of the molecule is NC(CCl)=Nc1ccccc1SCc1ccccc1F. The molecule has 2 N–H and O–H groups in total. The number of para-hydroxylation sites is 1. The van der Waals surface area contributed by atoms with Gasteiger partial charge in [-0.2, -0.15) is 0 Å². The molecule has 0 unspecified atom stereocenters. The van der Waals surface area contributed by atoms with Gasteiger partial charge in [-0.05, 0) is 23.8 Å². The molecule has 0 radical (unpaired) electrons. The summed E-state index contributed by atoms with van der Waals surface area (Å²) in [6, 6.07) is 14.4. The molecule has 2 nitrogen and oxygen atoms in total. The Morgan fingerprint density at radius 2 is 1.85 bits per heavy atom. The largest absolute Gasteiger partial charge is 0.386 e. The zero-order valence-corrected chi connectivity index (χ0v) is 12.3. The van der Waals surface area contributed by atoms with Crippen molar-refractivity contribution in [2.24, 2.45) is 10.7 Å². The summed E-state index contributed by atoms with van der Waals surface area (Å²) in [7, 11) is 0. The van der Waals surface area contributed by atoms with Crippen LogP contribution in [-0.4, -0.2) is 11.7 Å². The van der Waals surface area contributed by atoms with Crippen molar-refractivity contribution in [3.05, 3.63) is 59.9 Å². The van der Waals surface area contributed by atoms with Crippen LogP contribution in [0.15, 0.2) is 58.4 Å². The number of thioether (sulfide) groups is 1. The number of aliphatic imine (C=N–C) groups is 1. The Kier molecular flexibility index (Phi) is 5.44. The number of alkyl halides is 1. The molecule has 5 heteroatoms. The zero-order chi connectivity index (χ0) is 14.4. The Labute approximate surface area is 126 Å². The molecule has 0 aliphatic heterocycles. The molecule has 0 saturated heterocycles. The Hall–Kier alpha value is -1.52. The van der Waals surface area contributed by atoms with Crippen molar-refractivity contribution in [2.75, 3.05) is 5.88 Å². The number of nitrogens with zero attached hydrogens (tertiary/aromatic N) is 1. The lowest BCUT2D eigenvalue weighted by molar-refractivity contribution is 0.617. The molecule has 0 heterocycles. The molecule has 2 aromatic carbocycles. The third-order valence-electron chi connectivity index (χ3n) is 2.61. The van der Waals surface area contributed by atoms with Crippen molar-refractivity contribution >= 4 is 34.9 Å². The molecule has 0 saturated carbocycles. The van der Waals surface area contributed by atoms with E-state index in [1.54, 1.807) is 12.1 Å². The molecule has 0 atom stereocenters. The molecule has 2 rings (SSSR count). The van der Waals surface area contributed by atoms with Gasteiger partial charge in [-0.15, -0.1) is 23.4 Å². The third kappa shape index (κ3) is 3.99. The topological polar surface area (TPSA) is 38.4 Å². The van der Waals surface area contributed by atoms with Crippen molar-refractivity contribution in [1.29, 1.82) is 0 Å². The molecule has 2 aromatic rings. The first-order chi connectivity index (χ1) is 9.70. The monoisotopic (exact) mass is 308 g/mol. The third-order valence-corrected chi connectivity index (χ3v) is 3.99. The Morgan fingerprint density at radius 3 is 2.60 bits per heavy atom. The molecule has 0 fully saturated rings. The average Bonchev–Trinajstić information content (AvgIpc) is 2.47. The number of halogens is 2. The van der Waals surface area contributed by atoms with Crippen LogP contribution in [-0.2, 0) is 5.75 Å². The van der Waals surface area contributed by atoms with Gasteiger partial charge >= 0.3 is 0 Å². The number of rotatable bonds is 5. The summed E-state index contributed by atoms with van der Waals surface area (Å²) < 4.78 is 13.6. The van der Waals surface area contributed by atoms with Crippen molar-refractivity contribution in [2.45, 2.75) is 10.6 Å². The number of nitrogens with two attached hydrogens (primary N) is 1. The van der Waals surface area contributed by atoms with Gasteiger partial charge in [0, 0.05) is 10.6 Å². The summed E-state index contributed by atoms with van der Waals surface area (Å²) in [4.78, 5) is 5.21. The van der Waals surface area contributed by atoms with Gasteiger partial charge in [-0.3, -0.25) is 0 Å². The van der Waals surface area contributed by atoms with E-state index in [9.17, 15) is 4.39 Å². The van der Waals surface area contributed by atoms with Gasteiger partial charge in [0.1, 0.15) is 11.7 Å². The molecular weight excluding hydrogens is 295 g/mol. The average molecular weight is 309 g/mol. The van der Waals surface area contributed by atoms with E-state index in [-0.39, 0.29) is 11.7 Å². The molecule has 0 aliphatic carbocycles. The summed E-state index contributed by atoms with van der Waals surface area (Å²) in [5.41, 5.74) is 7.08. The highest BCUT2D eigenvalue weighted by atomic mass is 35.5. The molecule has 0 spiro atoms. The lowest BCUT2D eigenvalue weighted by atomic mass is 10.2. The summed E-state index contributed by atoms with van der Waals surface area (Å²) in [5, 5.41) is 0. The van der Waals surface area contributed by atoms with Gasteiger partial charge in [0.05, 0.1) is 11.6 Å². The standard InChI is InChI=1S/C15H14ClFN2S/c16-9-15(18)19-13-7-3-4-8-14(13)20-10-11-5-1-2-6-12(11)17/h1-8H,9-10H2,(H2,18,19). The Balaban J connectivity index is 2.16. The molecular formula is C15H14ClFN2S. The van der Waals surface area contributed by atoms with Crippen molar-refractivity contribution in [1.82, 2.24) is 0 Å². The first-order valence-electron chi connectivity index (χ1n) is 6.05. The van der Waals surface area contributed by atoms with Crippen LogP contribution in [0.5, 0.6) is 0 Å². The van der Waals surface area contributed by atoms with Crippen LogP contribution in [0, 0.1) is 5.82 Å². The van der Waals surface area contributed by atoms with Gasteiger partial charge < -0.3 is 5.73 Å². The quantitative estimate of drug-likeness (QED) is 0.386. The summed E-state index contributed by atoms with van der Waals surface area (Å²) in [5.74, 6) is 0.901. The fourth-order valence-corrected chi connectivity index (χ4v) is 2.67. The van der Waals surface area contributed by atoms with E-state index in [4.69, 9.17) is 17.3 Å². The Morgan fingerprint density at radius 1 is 1.15 bits per heavy atom. The van der Waals surface area contributed by atoms with E-state index in [1.165, 1.54) is 17.8 Å². The van der Waals surface area contributed by atoms with E-state index < -0.39 is 0 Å². The predicted molar refractivity (Wildman–Crippen MR) is 84.4 cm³/mol. The van der Waals surface area contributed by atoms with Crippen LogP contribution in [0.4, 0.5) is 10.1 Å².